The number of anilines is 1. The predicted octanol–water partition coefficient (Wildman–Crippen LogP) is 3.88. The van der Waals surface area contributed by atoms with Gasteiger partial charge in [0.05, 0.1) is 5.02 Å². The molecule has 1 aliphatic heterocycles. The van der Waals surface area contributed by atoms with Gasteiger partial charge in [-0.2, -0.15) is 8.78 Å². The molecular formula is C20H17ClF3N3O4. The van der Waals surface area contributed by atoms with E-state index in [0.29, 0.717) is 5.56 Å². The minimum absolute atomic E-state index is 0.156. The Morgan fingerprint density at radius 1 is 1.23 bits per heavy atom. The highest BCUT2D eigenvalue weighted by Gasteiger charge is 2.51. The molecule has 164 valence electrons. The van der Waals surface area contributed by atoms with E-state index in [9.17, 15) is 27.6 Å². The van der Waals surface area contributed by atoms with E-state index in [1.165, 1.54) is 36.4 Å². The second-order valence-corrected chi connectivity index (χ2v) is 7.07. The molecule has 2 N–H and O–H groups in total. The van der Waals surface area contributed by atoms with Gasteiger partial charge in [0.2, 0.25) is 5.91 Å². The molecule has 1 aliphatic rings. The van der Waals surface area contributed by atoms with Crippen molar-refractivity contribution < 1.29 is 32.3 Å². The number of hydrogen-bond donors (Lipinski definition) is 2. The first-order valence-corrected chi connectivity index (χ1v) is 9.48. The van der Waals surface area contributed by atoms with Crippen molar-refractivity contribution in [3.63, 3.8) is 0 Å². The van der Waals surface area contributed by atoms with Crippen LogP contribution in [0, 0.1) is 5.82 Å². The fourth-order valence-electron chi connectivity index (χ4n) is 3.26. The van der Waals surface area contributed by atoms with Crippen LogP contribution in [0.5, 0.6) is 5.75 Å². The maximum atomic E-state index is 13.3. The van der Waals surface area contributed by atoms with Gasteiger partial charge in [-0.3, -0.25) is 14.5 Å². The number of benzene rings is 2. The molecule has 0 aliphatic carbocycles. The van der Waals surface area contributed by atoms with E-state index in [0.717, 1.165) is 11.0 Å². The van der Waals surface area contributed by atoms with Crippen molar-refractivity contribution in [2.75, 3.05) is 11.9 Å². The summed E-state index contributed by atoms with van der Waals surface area (Å²) >= 11 is 5.84. The Balaban J connectivity index is 1.73. The molecule has 1 saturated heterocycles. The summed E-state index contributed by atoms with van der Waals surface area (Å²) in [4.78, 5) is 38.6. The lowest BCUT2D eigenvalue weighted by atomic mass is 9.87. The number of nitrogens with zero attached hydrogens (tertiary/aromatic N) is 1. The van der Waals surface area contributed by atoms with Gasteiger partial charge in [0.15, 0.2) is 0 Å². The summed E-state index contributed by atoms with van der Waals surface area (Å²) in [5.74, 6) is -2.13. The molecule has 1 heterocycles. The third-order valence-corrected chi connectivity index (χ3v) is 5.07. The number of carbonyl (C=O) groups is 3. The summed E-state index contributed by atoms with van der Waals surface area (Å²) in [7, 11) is 0. The van der Waals surface area contributed by atoms with Gasteiger partial charge in [0.1, 0.15) is 23.7 Å². The van der Waals surface area contributed by atoms with Gasteiger partial charge in [0, 0.05) is 5.69 Å². The number of rotatable bonds is 7. The summed E-state index contributed by atoms with van der Waals surface area (Å²) in [6.07, 6.45) is 0.183. The molecular weight excluding hydrogens is 439 g/mol. The van der Waals surface area contributed by atoms with Gasteiger partial charge in [-0.15, -0.1) is 0 Å². The topological polar surface area (TPSA) is 87.7 Å². The first-order valence-electron chi connectivity index (χ1n) is 9.10. The monoisotopic (exact) mass is 455 g/mol. The van der Waals surface area contributed by atoms with Crippen LogP contribution < -0.4 is 15.4 Å². The second-order valence-electron chi connectivity index (χ2n) is 6.66. The standard InChI is InChI=1S/C20H17ClF3N3O4/c1-2-20(11-3-5-12(22)6-4-11)17(29)27(19(30)26-20)10-16(28)25-13-7-8-15(14(21)9-13)31-18(23)24/h3-9,18H,2,10H2,1H3,(H,25,28)(H,26,30). The van der Waals surface area contributed by atoms with E-state index in [2.05, 4.69) is 15.4 Å². The van der Waals surface area contributed by atoms with Crippen molar-refractivity contribution in [2.24, 2.45) is 0 Å². The first kappa shape index (κ1) is 22.4. The van der Waals surface area contributed by atoms with Crippen LogP contribution in [0.15, 0.2) is 42.5 Å². The molecule has 3 rings (SSSR count). The van der Waals surface area contributed by atoms with Gasteiger partial charge < -0.3 is 15.4 Å². The lowest BCUT2D eigenvalue weighted by Gasteiger charge is -2.25. The normalized spacial score (nSPS) is 18.3. The first-order chi connectivity index (χ1) is 14.7. The molecule has 1 unspecified atom stereocenters. The Kier molecular flexibility index (Phi) is 6.40. The molecule has 0 saturated carbocycles. The minimum atomic E-state index is -3.06. The van der Waals surface area contributed by atoms with Crippen molar-refractivity contribution in [2.45, 2.75) is 25.5 Å². The summed E-state index contributed by atoms with van der Waals surface area (Å²) in [5, 5.41) is 4.86. The molecule has 4 amide bonds. The molecule has 11 heteroatoms. The molecule has 0 spiro atoms. The Bertz CT molecular complexity index is 1020. The smallest absolute Gasteiger partial charge is 0.387 e. The number of alkyl halides is 2. The number of nitrogens with one attached hydrogen (secondary N) is 2. The van der Waals surface area contributed by atoms with E-state index in [-0.39, 0.29) is 22.9 Å². The largest absolute Gasteiger partial charge is 0.433 e. The van der Waals surface area contributed by atoms with Gasteiger partial charge in [-0.1, -0.05) is 30.7 Å². The molecule has 31 heavy (non-hydrogen) atoms. The van der Waals surface area contributed by atoms with E-state index in [4.69, 9.17) is 11.6 Å². The Morgan fingerprint density at radius 3 is 2.48 bits per heavy atom. The molecule has 0 radical (unpaired) electrons. The number of hydrogen-bond acceptors (Lipinski definition) is 4. The zero-order valence-corrected chi connectivity index (χ0v) is 16.9. The highest BCUT2D eigenvalue weighted by atomic mass is 35.5. The van der Waals surface area contributed by atoms with Crippen LogP contribution in [0.2, 0.25) is 5.02 Å². The highest BCUT2D eigenvalue weighted by Crippen LogP contribution is 2.33. The average molecular weight is 456 g/mol. The summed E-state index contributed by atoms with van der Waals surface area (Å²) in [6.45, 7) is -1.98. The number of halogens is 4. The fourth-order valence-corrected chi connectivity index (χ4v) is 3.48. The van der Waals surface area contributed by atoms with Gasteiger partial charge in [-0.25, -0.2) is 9.18 Å². The van der Waals surface area contributed by atoms with Gasteiger partial charge in [0.25, 0.3) is 5.91 Å². The summed E-state index contributed by atoms with van der Waals surface area (Å²) in [5.41, 5.74) is -0.870. The second kappa shape index (κ2) is 8.84. The van der Waals surface area contributed by atoms with Gasteiger partial charge >= 0.3 is 12.6 Å². The molecule has 0 bridgehead atoms. The summed E-state index contributed by atoms with van der Waals surface area (Å²) in [6, 6.07) is 7.98. The van der Waals surface area contributed by atoms with E-state index in [1.54, 1.807) is 6.92 Å². The van der Waals surface area contributed by atoms with Crippen LogP contribution in [-0.2, 0) is 15.1 Å². The number of ether oxygens (including phenoxy) is 1. The van der Waals surface area contributed by atoms with Gasteiger partial charge in [-0.05, 0) is 42.3 Å². The van der Waals surface area contributed by atoms with Crippen molar-refractivity contribution >= 4 is 35.1 Å². The van der Waals surface area contributed by atoms with Crippen molar-refractivity contribution in [3.8, 4) is 5.75 Å². The lowest BCUT2D eigenvalue weighted by molar-refractivity contribution is -0.134. The molecule has 7 nitrogen and oxygen atoms in total. The molecule has 2 aromatic carbocycles. The van der Waals surface area contributed by atoms with E-state index in [1.807, 2.05) is 0 Å². The molecule has 2 aromatic rings. The van der Waals surface area contributed by atoms with Crippen LogP contribution in [0.25, 0.3) is 0 Å². The number of amides is 4. The SMILES string of the molecule is CCC1(c2ccc(F)cc2)NC(=O)N(CC(=O)Nc2ccc(OC(F)F)c(Cl)c2)C1=O. The van der Waals surface area contributed by atoms with Crippen molar-refractivity contribution in [1.82, 2.24) is 10.2 Å². The predicted molar refractivity (Wildman–Crippen MR) is 105 cm³/mol. The van der Waals surface area contributed by atoms with Crippen molar-refractivity contribution in [1.29, 1.82) is 0 Å². The average Bonchev–Trinajstić information content (AvgIpc) is 2.95. The van der Waals surface area contributed by atoms with E-state index < -0.39 is 42.4 Å². The lowest BCUT2D eigenvalue weighted by Crippen LogP contribution is -2.44. The molecule has 1 fully saturated rings. The third-order valence-electron chi connectivity index (χ3n) is 4.78. The van der Waals surface area contributed by atoms with E-state index >= 15 is 0 Å². The minimum Gasteiger partial charge on any atom is -0.433 e. The quantitative estimate of drug-likeness (QED) is 0.620. The maximum absolute atomic E-state index is 13.3. The number of urea groups is 1. The number of imide groups is 1. The van der Waals surface area contributed by atoms with Crippen molar-refractivity contribution in [3.05, 3.63) is 58.9 Å². The highest BCUT2D eigenvalue weighted by molar-refractivity contribution is 6.32. The molecule has 0 aromatic heterocycles. The maximum Gasteiger partial charge on any atom is 0.387 e. The molecule has 1 atom stereocenters. The zero-order chi connectivity index (χ0) is 22.8. The van der Waals surface area contributed by atoms with Crippen LogP contribution in [0.3, 0.4) is 0 Å². The van der Waals surface area contributed by atoms with Crippen LogP contribution >= 0.6 is 11.6 Å². The Labute approximate surface area is 180 Å². The summed E-state index contributed by atoms with van der Waals surface area (Å²) < 4.78 is 42.1. The Hall–Kier alpha value is -3.27. The zero-order valence-electron chi connectivity index (χ0n) is 16.1. The number of carbonyl (C=O) groups excluding carboxylic acids is 3. The third kappa shape index (κ3) is 4.58. The van der Waals surface area contributed by atoms with Crippen LogP contribution in [0.4, 0.5) is 23.7 Å². The Morgan fingerprint density at radius 2 is 1.90 bits per heavy atom. The fraction of sp³-hybridized carbons (Fsp3) is 0.250. The van der Waals surface area contributed by atoms with Crippen LogP contribution in [0.1, 0.15) is 18.9 Å². The van der Waals surface area contributed by atoms with Crippen LogP contribution in [-0.4, -0.2) is 35.9 Å².